The molecule has 1 rings (SSSR count). The van der Waals surface area contributed by atoms with Crippen LogP contribution in [0.2, 0.25) is 0 Å². The molecule has 0 fully saturated rings. The van der Waals surface area contributed by atoms with Gasteiger partial charge in [0.15, 0.2) is 0 Å². The third kappa shape index (κ3) is 5.69. The fraction of sp³-hybridized carbons (Fsp3) is 0.571. The SMILES string of the molecule is CC(C)CCOCCOc1ccc(C(F)(F)F)cc1N. The predicted octanol–water partition coefficient (Wildman–Crippen LogP) is 3.73. The van der Waals surface area contributed by atoms with Gasteiger partial charge >= 0.3 is 6.18 Å². The predicted molar refractivity (Wildman–Crippen MR) is 71.6 cm³/mol. The van der Waals surface area contributed by atoms with E-state index in [9.17, 15) is 13.2 Å². The van der Waals surface area contributed by atoms with Crippen molar-refractivity contribution >= 4 is 5.69 Å². The second-order valence-corrected chi connectivity index (χ2v) is 4.89. The Balaban J connectivity index is 2.38. The molecule has 0 aliphatic heterocycles. The number of nitrogens with two attached hydrogens (primary N) is 1. The van der Waals surface area contributed by atoms with Gasteiger partial charge in [-0.1, -0.05) is 13.8 Å². The summed E-state index contributed by atoms with van der Waals surface area (Å²) in [4.78, 5) is 0. The standard InChI is InChI=1S/C14H20F3NO2/c1-10(2)5-6-19-7-8-20-13-4-3-11(9-12(13)18)14(15,16)17/h3-4,9-10H,5-8,18H2,1-2H3. The van der Waals surface area contributed by atoms with Crippen LogP contribution in [0.5, 0.6) is 5.75 Å². The molecular weight excluding hydrogens is 271 g/mol. The lowest BCUT2D eigenvalue weighted by molar-refractivity contribution is -0.137. The maximum absolute atomic E-state index is 12.4. The Labute approximate surface area is 116 Å². The Morgan fingerprint density at radius 3 is 2.40 bits per heavy atom. The molecule has 0 spiro atoms. The molecular formula is C14H20F3NO2. The van der Waals surface area contributed by atoms with Crippen LogP contribution in [0.1, 0.15) is 25.8 Å². The van der Waals surface area contributed by atoms with E-state index in [0.29, 0.717) is 19.1 Å². The van der Waals surface area contributed by atoms with Crippen molar-refractivity contribution in [2.24, 2.45) is 5.92 Å². The first kappa shape index (κ1) is 16.6. The summed E-state index contributed by atoms with van der Waals surface area (Å²) in [6, 6.07) is 3.05. The highest BCUT2D eigenvalue weighted by atomic mass is 19.4. The van der Waals surface area contributed by atoms with E-state index in [1.165, 1.54) is 6.07 Å². The fourth-order valence-electron chi connectivity index (χ4n) is 1.49. The number of halogens is 3. The van der Waals surface area contributed by atoms with Crippen molar-refractivity contribution < 1.29 is 22.6 Å². The monoisotopic (exact) mass is 291 g/mol. The van der Waals surface area contributed by atoms with Crippen LogP contribution in [0.3, 0.4) is 0 Å². The first-order valence-electron chi connectivity index (χ1n) is 6.48. The average molecular weight is 291 g/mol. The fourth-order valence-corrected chi connectivity index (χ4v) is 1.49. The average Bonchev–Trinajstić information content (AvgIpc) is 2.33. The van der Waals surface area contributed by atoms with Crippen molar-refractivity contribution in [3.05, 3.63) is 23.8 Å². The number of hydrogen-bond acceptors (Lipinski definition) is 3. The number of nitrogen functional groups attached to an aromatic ring is 1. The molecule has 0 unspecified atom stereocenters. The minimum atomic E-state index is -4.40. The second kappa shape index (κ2) is 7.38. The number of alkyl halides is 3. The van der Waals surface area contributed by atoms with Gasteiger partial charge in [0.2, 0.25) is 0 Å². The first-order valence-corrected chi connectivity index (χ1v) is 6.48. The van der Waals surface area contributed by atoms with E-state index in [0.717, 1.165) is 18.6 Å². The summed E-state index contributed by atoms with van der Waals surface area (Å²) in [5.74, 6) is 0.812. The second-order valence-electron chi connectivity index (χ2n) is 4.89. The summed E-state index contributed by atoms with van der Waals surface area (Å²) in [7, 11) is 0. The summed E-state index contributed by atoms with van der Waals surface area (Å²) in [5.41, 5.74) is 4.73. The number of anilines is 1. The van der Waals surface area contributed by atoms with Crippen LogP contribution in [0.15, 0.2) is 18.2 Å². The molecule has 1 aromatic carbocycles. The Morgan fingerprint density at radius 1 is 1.15 bits per heavy atom. The van der Waals surface area contributed by atoms with Gasteiger partial charge in [0, 0.05) is 6.61 Å². The molecule has 0 radical (unpaired) electrons. The largest absolute Gasteiger partial charge is 0.489 e. The molecule has 20 heavy (non-hydrogen) atoms. The van der Waals surface area contributed by atoms with Crippen LogP contribution < -0.4 is 10.5 Å². The lowest BCUT2D eigenvalue weighted by Crippen LogP contribution is -2.10. The third-order valence-electron chi connectivity index (χ3n) is 2.66. The van der Waals surface area contributed by atoms with E-state index in [-0.39, 0.29) is 18.0 Å². The van der Waals surface area contributed by atoms with Crippen LogP contribution in [-0.2, 0) is 10.9 Å². The molecule has 0 saturated carbocycles. The number of rotatable bonds is 7. The molecule has 0 aromatic heterocycles. The van der Waals surface area contributed by atoms with E-state index in [2.05, 4.69) is 13.8 Å². The van der Waals surface area contributed by atoms with Crippen LogP contribution in [-0.4, -0.2) is 19.8 Å². The molecule has 0 amide bonds. The molecule has 1 aromatic rings. The molecule has 0 atom stereocenters. The van der Waals surface area contributed by atoms with Gasteiger partial charge in [-0.2, -0.15) is 13.2 Å². The van der Waals surface area contributed by atoms with E-state index in [1.54, 1.807) is 0 Å². The van der Waals surface area contributed by atoms with Crippen LogP contribution in [0.4, 0.5) is 18.9 Å². The highest BCUT2D eigenvalue weighted by molar-refractivity contribution is 5.54. The Kier molecular flexibility index (Phi) is 6.13. The molecule has 2 N–H and O–H groups in total. The maximum Gasteiger partial charge on any atom is 0.416 e. The topological polar surface area (TPSA) is 44.5 Å². The van der Waals surface area contributed by atoms with Gasteiger partial charge in [-0.25, -0.2) is 0 Å². The van der Waals surface area contributed by atoms with Gasteiger partial charge in [-0.15, -0.1) is 0 Å². The molecule has 0 bridgehead atoms. The number of ether oxygens (including phenoxy) is 2. The van der Waals surface area contributed by atoms with Crippen molar-refractivity contribution in [2.75, 3.05) is 25.6 Å². The Morgan fingerprint density at radius 2 is 1.85 bits per heavy atom. The van der Waals surface area contributed by atoms with Crippen molar-refractivity contribution in [1.29, 1.82) is 0 Å². The summed E-state index contributed by atoms with van der Waals surface area (Å²) >= 11 is 0. The molecule has 0 saturated heterocycles. The van der Waals surface area contributed by atoms with Gasteiger partial charge in [0.05, 0.1) is 17.9 Å². The molecule has 3 nitrogen and oxygen atoms in total. The lowest BCUT2D eigenvalue weighted by atomic mass is 10.1. The van der Waals surface area contributed by atoms with Crippen LogP contribution in [0, 0.1) is 5.92 Å². The zero-order valence-electron chi connectivity index (χ0n) is 11.7. The van der Waals surface area contributed by atoms with Gasteiger partial charge in [-0.3, -0.25) is 0 Å². The minimum Gasteiger partial charge on any atom is -0.489 e. The van der Waals surface area contributed by atoms with Crippen LogP contribution >= 0.6 is 0 Å². The quantitative estimate of drug-likeness (QED) is 0.615. The van der Waals surface area contributed by atoms with Crippen molar-refractivity contribution in [3.63, 3.8) is 0 Å². The summed E-state index contributed by atoms with van der Waals surface area (Å²) in [5, 5.41) is 0. The third-order valence-corrected chi connectivity index (χ3v) is 2.66. The highest BCUT2D eigenvalue weighted by Gasteiger charge is 2.30. The Hall–Kier alpha value is -1.43. The molecule has 0 heterocycles. The smallest absolute Gasteiger partial charge is 0.416 e. The zero-order chi connectivity index (χ0) is 15.2. The lowest BCUT2D eigenvalue weighted by Gasteiger charge is -2.12. The first-order chi connectivity index (χ1) is 9.30. The summed E-state index contributed by atoms with van der Waals surface area (Å²) in [6.07, 6.45) is -3.44. The highest BCUT2D eigenvalue weighted by Crippen LogP contribution is 2.33. The Bertz CT molecular complexity index is 419. The maximum atomic E-state index is 12.4. The molecule has 0 aliphatic carbocycles. The van der Waals surface area contributed by atoms with E-state index in [1.807, 2.05) is 0 Å². The van der Waals surface area contributed by atoms with Crippen molar-refractivity contribution in [1.82, 2.24) is 0 Å². The number of benzene rings is 1. The van der Waals surface area contributed by atoms with Gasteiger partial charge < -0.3 is 15.2 Å². The van der Waals surface area contributed by atoms with Crippen molar-refractivity contribution in [2.45, 2.75) is 26.4 Å². The van der Waals surface area contributed by atoms with Gasteiger partial charge in [-0.05, 0) is 30.5 Å². The molecule has 114 valence electrons. The molecule has 0 aliphatic rings. The van der Waals surface area contributed by atoms with E-state index in [4.69, 9.17) is 15.2 Å². The number of hydrogen-bond donors (Lipinski definition) is 1. The normalized spacial score (nSPS) is 11.9. The minimum absolute atomic E-state index is 0.0259. The van der Waals surface area contributed by atoms with Gasteiger partial charge in [0.1, 0.15) is 12.4 Å². The van der Waals surface area contributed by atoms with Gasteiger partial charge in [0.25, 0.3) is 0 Å². The van der Waals surface area contributed by atoms with E-state index < -0.39 is 11.7 Å². The van der Waals surface area contributed by atoms with E-state index >= 15 is 0 Å². The zero-order valence-corrected chi connectivity index (χ0v) is 11.7. The van der Waals surface area contributed by atoms with Crippen LogP contribution in [0.25, 0.3) is 0 Å². The summed E-state index contributed by atoms with van der Waals surface area (Å²) in [6.45, 7) is 5.48. The summed E-state index contributed by atoms with van der Waals surface area (Å²) < 4.78 is 48.0. The molecule has 6 heteroatoms. The van der Waals surface area contributed by atoms with Crippen molar-refractivity contribution in [3.8, 4) is 5.75 Å².